The first-order chi connectivity index (χ1) is 8.43. The second-order valence-corrected chi connectivity index (χ2v) is 4.78. The molecule has 0 aromatic heterocycles. The van der Waals surface area contributed by atoms with Crippen molar-refractivity contribution in [3.63, 3.8) is 0 Å². The molecule has 1 unspecified atom stereocenters. The van der Waals surface area contributed by atoms with Gasteiger partial charge in [-0.2, -0.15) is 0 Å². The number of carbonyl (C=O) groups excluding carboxylic acids is 1. The van der Waals surface area contributed by atoms with Gasteiger partial charge in [0.25, 0.3) is 5.91 Å². The normalized spacial score (nSPS) is 14.1. The van der Waals surface area contributed by atoms with E-state index in [-0.39, 0.29) is 0 Å². The van der Waals surface area contributed by atoms with Crippen LogP contribution < -0.4 is 5.32 Å². The highest BCUT2D eigenvalue weighted by atomic mass is 35.5. The molecule has 0 fully saturated rings. The maximum atomic E-state index is 13.4. The fraction of sp³-hybridized carbons (Fsp3) is 0.462. The molecule has 0 bridgehead atoms. The summed E-state index contributed by atoms with van der Waals surface area (Å²) in [4.78, 5) is 11.9. The topological polar surface area (TPSA) is 29.1 Å². The number of rotatable bonds is 5. The molecule has 2 nitrogen and oxygen atoms in total. The van der Waals surface area contributed by atoms with Crippen molar-refractivity contribution in [3.05, 3.63) is 35.4 Å². The lowest BCUT2D eigenvalue weighted by Crippen LogP contribution is -2.46. The van der Waals surface area contributed by atoms with Crippen LogP contribution in [-0.2, 0) is 0 Å². The third-order valence-corrected chi connectivity index (χ3v) is 3.22. The zero-order chi connectivity index (χ0) is 13.8. The molecule has 1 amide bonds. The zero-order valence-corrected chi connectivity index (χ0v) is 11.2. The van der Waals surface area contributed by atoms with Gasteiger partial charge in [-0.1, -0.05) is 13.0 Å². The van der Waals surface area contributed by atoms with Gasteiger partial charge in [-0.05, 0) is 31.9 Å². The van der Waals surface area contributed by atoms with Crippen LogP contribution in [0.3, 0.4) is 0 Å². The Kier molecular flexibility index (Phi) is 5.08. The summed E-state index contributed by atoms with van der Waals surface area (Å²) in [5.41, 5.74) is -1.11. The number of benzene rings is 1. The summed E-state index contributed by atoms with van der Waals surface area (Å²) in [5.74, 6) is -2.11. The van der Waals surface area contributed by atoms with Crippen LogP contribution in [0.25, 0.3) is 0 Å². The first kappa shape index (κ1) is 14.9. The zero-order valence-electron chi connectivity index (χ0n) is 10.4. The van der Waals surface area contributed by atoms with E-state index in [9.17, 15) is 13.6 Å². The van der Waals surface area contributed by atoms with Crippen LogP contribution in [0, 0.1) is 11.6 Å². The number of carbonyl (C=O) groups is 1. The summed E-state index contributed by atoms with van der Waals surface area (Å²) in [6, 6.07) is 3.34. The van der Waals surface area contributed by atoms with Crippen molar-refractivity contribution < 1.29 is 13.6 Å². The minimum absolute atomic E-state index is 0.365. The van der Waals surface area contributed by atoms with Gasteiger partial charge >= 0.3 is 0 Å². The van der Waals surface area contributed by atoms with Gasteiger partial charge < -0.3 is 5.32 Å². The summed E-state index contributed by atoms with van der Waals surface area (Å²) >= 11 is 5.66. The van der Waals surface area contributed by atoms with E-state index >= 15 is 0 Å². The highest BCUT2D eigenvalue weighted by Crippen LogP contribution is 2.18. The maximum Gasteiger partial charge on any atom is 0.257 e. The number of amides is 1. The molecule has 0 saturated carbocycles. The Balaban J connectivity index is 2.95. The average molecular weight is 276 g/mol. The Morgan fingerprint density at radius 1 is 1.39 bits per heavy atom. The Labute approximate surface area is 110 Å². The van der Waals surface area contributed by atoms with Crippen molar-refractivity contribution in [2.75, 3.05) is 5.88 Å². The first-order valence-corrected chi connectivity index (χ1v) is 6.29. The Morgan fingerprint density at radius 2 is 1.94 bits per heavy atom. The lowest BCUT2D eigenvalue weighted by molar-refractivity contribution is 0.0893. The van der Waals surface area contributed by atoms with Crippen molar-refractivity contribution in [1.29, 1.82) is 0 Å². The van der Waals surface area contributed by atoms with Crippen molar-refractivity contribution in [2.24, 2.45) is 0 Å². The van der Waals surface area contributed by atoms with E-state index in [0.29, 0.717) is 18.7 Å². The molecule has 0 aliphatic carbocycles. The van der Waals surface area contributed by atoms with E-state index in [1.807, 2.05) is 6.92 Å². The monoisotopic (exact) mass is 275 g/mol. The van der Waals surface area contributed by atoms with Crippen LogP contribution in [0.2, 0.25) is 0 Å². The second-order valence-electron chi connectivity index (χ2n) is 4.40. The number of halogens is 3. The average Bonchev–Trinajstić information content (AvgIpc) is 2.29. The van der Waals surface area contributed by atoms with Crippen molar-refractivity contribution in [2.45, 2.75) is 32.2 Å². The van der Waals surface area contributed by atoms with E-state index in [4.69, 9.17) is 11.6 Å². The molecule has 1 rings (SSSR count). The lowest BCUT2D eigenvalue weighted by Gasteiger charge is -2.29. The Bertz CT molecular complexity index is 419. The molecule has 0 heterocycles. The van der Waals surface area contributed by atoms with Gasteiger partial charge in [-0.3, -0.25) is 4.79 Å². The predicted octanol–water partition coefficient (Wildman–Crippen LogP) is 3.49. The minimum atomic E-state index is -0.864. The molecule has 0 spiro atoms. The lowest BCUT2D eigenvalue weighted by atomic mass is 9.95. The van der Waals surface area contributed by atoms with Crippen molar-refractivity contribution in [1.82, 2.24) is 5.32 Å². The molecule has 0 radical (unpaired) electrons. The summed E-state index contributed by atoms with van der Waals surface area (Å²) in [6.45, 7) is 3.68. The summed E-state index contributed by atoms with van der Waals surface area (Å²) in [7, 11) is 0. The molecule has 0 saturated heterocycles. The Hall–Kier alpha value is -1.16. The molecule has 1 aromatic carbocycles. The fourth-order valence-corrected chi connectivity index (χ4v) is 2.00. The van der Waals surface area contributed by atoms with Crippen LogP contribution >= 0.6 is 11.6 Å². The molecule has 18 heavy (non-hydrogen) atoms. The van der Waals surface area contributed by atoms with E-state index in [0.717, 1.165) is 12.1 Å². The van der Waals surface area contributed by atoms with E-state index in [2.05, 4.69) is 5.32 Å². The summed E-state index contributed by atoms with van der Waals surface area (Å²) < 4.78 is 26.9. The number of nitrogens with one attached hydrogen (secondary N) is 1. The van der Waals surface area contributed by atoms with Gasteiger partial charge in [0, 0.05) is 11.4 Å². The van der Waals surface area contributed by atoms with Crippen molar-refractivity contribution >= 4 is 17.5 Å². The summed E-state index contributed by atoms with van der Waals surface area (Å²) in [6.07, 6.45) is 1.16. The molecule has 1 aromatic rings. The molecule has 100 valence electrons. The molecule has 1 atom stereocenters. The number of alkyl halides is 1. The SMILES string of the molecule is CCC(C)(CCCl)NC(=O)c1c(F)cccc1F. The van der Waals surface area contributed by atoms with Crippen molar-refractivity contribution in [3.8, 4) is 0 Å². The van der Waals surface area contributed by atoms with Gasteiger partial charge in [0.15, 0.2) is 0 Å². The van der Waals surface area contributed by atoms with Gasteiger partial charge in [0.2, 0.25) is 0 Å². The molecule has 5 heteroatoms. The van der Waals surface area contributed by atoms with E-state index in [1.54, 1.807) is 6.92 Å². The van der Waals surface area contributed by atoms with Gasteiger partial charge in [-0.25, -0.2) is 8.78 Å². The first-order valence-electron chi connectivity index (χ1n) is 5.76. The second kappa shape index (κ2) is 6.14. The third-order valence-electron chi connectivity index (χ3n) is 3.03. The van der Waals surface area contributed by atoms with Crippen LogP contribution in [0.5, 0.6) is 0 Å². The van der Waals surface area contributed by atoms with Gasteiger partial charge in [-0.15, -0.1) is 11.6 Å². The third kappa shape index (κ3) is 3.42. The quantitative estimate of drug-likeness (QED) is 0.819. The van der Waals surface area contributed by atoms with Crippen LogP contribution in [0.4, 0.5) is 8.78 Å². The molecule has 1 N–H and O–H groups in total. The largest absolute Gasteiger partial charge is 0.347 e. The standard InChI is InChI=1S/C13H16ClF2NO/c1-3-13(2,7-8-14)17-12(18)11-9(15)5-4-6-10(11)16/h4-6H,3,7-8H2,1-2H3,(H,17,18). The van der Waals surface area contributed by atoms with E-state index in [1.165, 1.54) is 6.07 Å². The van der Waals surface area contributed by atoms with Crippen LogP contribution in [0.1, 0.15) is 37.0 Å². The highest BCUT2D eigenvalue weighted by Gasteiger charge is 2.26. The van der Waals surface area contributed by atoms with Crippen LogP contribution in [0.15, 0.2) is 18.2 Å². The van der Waals surface area contributed by atoms with Gasteiger partial charge in [0.05, 0.1) is 0 Å². The minimum Gasteiger partial charge on any atom is -0.347 e. The molecular formula is C13H16ClF2NO. The van der Waals surface area contributed by atoms with Crippen LogP contribution in [-0.4, -0.2) is 17.3 Å². The molecule has 0 aliphatic rings. The highest BCUT2D eigenvalue weighted by molar-refractivity contribution is 6.17. The smallest absolute Gasteiger partial charge is 0.257 e. The van der Waals surface area contributed by atoms with E-state index < -0.39 is 28.6 Å². The maximum absolute atomic E-state index is 13.4. The Morgan fingerprint density at radius 3 is 2.39 bits per heavy atom. The molecule has 0 aliphatic heterocycles. The predicted molar refractivity (Wildman–Crippen MR) is 67.9 cm³/mol. The van der Waals surface area contributed by atoms with Gasteiger partial charge in [0.1, 0.15) is 17.2 Å². The number of hydrogen-bond donors (Lipinski definition) is 1. The number of hydrogen-bond acceptors (Lipinski definition) is 1. The molecular weight excluding hydrogens is 260 g/mol. The summed E-state index contributed by atoms with van der Waals surface area (Å²) in [5, 5.41) is 2.64. The fourth-order valence-electron chi connectivity index (χ4n) is 1.59.